The van der Waals surface area contributed by atoms with E-state index in [1.807, 2.05) is 100 Å². The predicted octanol–water partition coefficient (Wildman–Crippen LogP) is 14.6. The van der Waals surface area contributed by atoms with Crippen molar-refractivity contribution in [1.29, 1.82) is 0 Å². The molecule has 69 heavy (non-hydrogen) atoms. The quantitative estimate of drug-likeness (QED) is 0.0417. The largest absolute Gasteiger partial charge is 0.505 e. The first kappa shape index (κ1) is 47.4. The lowest BCUT2D eigenvalue weighted by Crippen LogP contribution is -2.01. The van der Waals surface area contributed by atoms with E-state index in [0.717, 1.165) is 57.1 Å². The molecule has 0 fully saturated rings. The standard InChI is InChI=1S/C50H44N10O7S2/c1-28-19-38(15-18-41(28)54-60-47-26-40-34(25-49(47)69(65,66)67)7-6-8-48(40)68(62,63)64)53-56-43-20-30(3)45(21-29(43)2)58-59-46-23-31(4)44(22-32(46)5)57-55-42-17-11-35-24-37(14-16-39(35)50(42)61)52-27-33-9-12-36(51)13-10-33/h6-26,52,61H,27,51H2,1-5H3,(H,62,63,64)(H,65,66,67). The lowest BCUT2D eigenvalue weighted by molar-refractivity contribution is 0.482. The van der Waals surface area contributed by atoms with Crippen LogP contribution in [0.4, 0.5) is 56.9 Å². The molecule has 17 nitrogen and oxygen atoms in total. The van der Waals surface area contributed by atoms with E-state index in [0.29, 0.717) is 63.0 Å². The molecule has 0 unspecified atom stereocenters. The molecule has 19 heteroatoms. The van der Waals surface area contributed by atoms with Crippen LogP contribution in [0.3, 0.4) is 0 Å². The van der Waals surface area contributed by atoms with Crippen LogP contribution >= 0.6 is 0 Å². The Labute approximate surface area is 397 Å². The van der Waals surface area contributed by atoms with Gasteiger partial charge < -0.3 is 16.2 Å². The van der Waals surface area contributed by atoms with Crippen molar-refractivity contribution < 1.29 is 31.0 Å². The van der Waals surface area contributed by atoms with Crippen LogP contribution in [0, 0.1) is 34.6 Å². The number of hydrogen-bond donors (Lipinski definition) is 5. The van der Waals surface area contributed by atoms with E-state index in [1.54, 1.807) is 31.2 Å². The van der Waals surface area contributed by atoms with E-state index in [4.69, 9.17) is 5.73 Å². The van der Waals surface area contributed by atoms with Crippen molar-refractivity contribution in [2.24, 2.45) is 40.9 Å². The fourth-order valence-electron chi connectivity index (χ4n) is 7.36. The van der Waals surface area contributed by atoms with Gasteiger partial charge in [0.15, 0.2) is 5.75 Å². The molecule has 0 aliphatic rings. The number of aryl methyl sites for hydroxylation is 5. The molecule has 0 saturated carbocycles. The summed E-state index contributed by atoms with van der Waals surface area (Å²) < 4.78 is 68.1. The molecule has 8 rings (SSSR count). The van der Waals surface area contributed by atoms with E-state index in [-0.39, 0.29) is 22.2 Å². The van der Waals surface area contributed by atoms with Crippen molar-refractivity contribution in [1.82, 2.24) is 0 Å². The summed E-state index contributed by atoms with van der Waals surface area (Å²) >= 11 is 0. The Morgan fingerprint density at radius 3 is 1.55 bits per heavy atom. The smallest absolute Gasteiger partial charge is 0.296 e. The molecule has 8 aromatic rings. The van der Waals surface area contributed by atoms with E-state index < -0.39 is 30.0 Å². The average Bonchev–Trinajstić information content (AvgIpc) is 3.30. The Hall–Kier alpha value is -8.10. The zero-order chi connectivity index (χ0) is 49.2. The van der Waals surface area contributed by atoms with Crippen LogP contribution in [-0.4, -0.2) is 31.0 Å². The van der Waals surface area contributed by atoms with Gasteiger partial charge in [-0.15, -0.1) is 10.2 Å². The Balaban J connectivity index is 0.936. The highest BCUT2D eigenvalue weighted by Crippen LogP contribution is 2.40. The molecule has 0 aliphatic carbocycles. The minimum atomic E-state index is -4.80. The van der Waals surface area contributed by atoms with Crippen molar-refractivity contribution in [3.63, 3.8) is 0 Å². The lowest BCUT2D eigenvalue weighted by Gasteiger charge is -2.10. The van der Waals surface area contributed by atoms with Gasteiger partial charge in [0.1, 0.15) is 21.2 Å². The van der Waals surface area contributed by atoms with Gasteiger partial charge in [-0.05, 0) is 176 Å². The Bertz CT molecular complexity index is 3710. The maximum Gasteiger partial charge on any atom is 0.296 e. The number of azo groups is 4. The van der Waals surface area contributed by atoms with E-state index in [1.165, 1.54) is 12.1 Å². The zero-order valence-electron chi connectivity index (χ0n) is 37.8. The molecule has 6 N–H and O–H groups in total. The van der Waals surface area contributed by atoms with Crippen molar-refractivity contribution >= 4 is 98.7 Å². The molecule has 0 atom stereocenters. The number of rotatable bonds is 13. The number of nitrogens with zero attached hydrogens (tertiary/aromatic N) is 8. The van der Waals surface area contributed by atoms with Crippen LogP contribution in [0.15, 0.2) is 178 Å². The molecular formula is C50H44N10O7S2. The summed E-state index contributed by atoms with van der Waals surface area (Å²) in [6.45, 7) is 9.96. The number of nitrogen functional groups attached to an aromatic ring is 1. The van der Waals surface area contributed by atoms with Gasteiger partial charge >= 0.3 is 0 Å². The Morgan fingerprint density at radius 2 is 0.971 bits per heavy atom. The summed E-state index contributed by atoms with van der Waals surface area (Å²) in [4.78, 5) is -1.05. The number of nitrogens with two attached hydrogens (primary N) is 1. The number of phenolic OH excluding ortho intramolecular Hbond substituents is 1. The molecule has 0 saturated heterocycles. The van der Waals surface area contributed by atoms with E-state index >= 15 is 0 Å². The molecule has 8 aromatic carbocycles. The number of anilines is 2. The summed E-state index contributed by atoms with van der Waals surface area (Å²) in [5, 5.41) is 51.2. The minimum absolute atomic E-state index is 0.0107. The molecule has 0 radical (unpaired) electrons. The average molecular weight is 961 g/mol. The highest BCUT2D eigenvalue weighted by Gasteiger charge is 2.21. The number of phenols is 1. The zero-order valence-corrected chi connectivity index (χ0v) is 39.4. The lowest BCUT2D eigenvalue weighted by atomic mass is 10.1. The summed E-state index contributed by atoms with van der Waals surface area (Å²) in [5.74, 6) is 0.0363. The molecule has 348 valence electrons. The van der Waals surface area contributed by atoms with Crippen LogP contribution in [0.1, 0.15) is 33.4 Å². The van der Waals surface area contributed by atoms with Crippen LogP contribution in [0.2, 0.25) is 0 Å². The highest BCUT2D eigenvalue weighted by atomic mass is 32.2. The van der Waals surface area contributed by atoms with Gasteiger partial charge in [-0.1, -0.05) is 30.3 Å². The summed E-state index contributed by atoms with van der Waals surface area (Å²) in [7, 11) is -9.47. The monoisotopic (exact) mass is 960 g/mol. The first-order valence-electron chi connectivity index (χ1n) is 21.2. The van der Waals surface area contributed by atoms with Gasteiger partial charge in [-0.25, -0.2) is 0 Å². The van der Waals surface area contributed by atoms with Crippen LogP contribution in [0.25, 0.3) is 21.5 Å². The van der Waals surface area contributed by atoms with Crippen molar-refractivity contribution in [3.8, 4) is 5.75 Å². The second kappa shape index (κ2) is 19.2. The van der Waals surface area contributed by atoms with Crippen LogP contribution in [0.5, 0.6) is 5.75 Å². The normalized spacial score (nSPS) is 12.4. The summed E-state index contributed by atoms with van der Waals surface area (Å²) in [5.41, 5.74) is 15.8. The number of hydrogen-bond acceptors (Lipinski definition) is 15. The Morgan fingerprint density at radius 1 is 0.464 bits per heavy atom. The van der Waals surface area contributed by atoms with Gasteiger partial charge in [0, 0.05) is 28.7 Å². The highest BCUT2D eigenvalue weighted by molar-refractivity contribution is 7.86. The molecule has 0 bridgehead atoms. The molecule has 0 aliphatic heterocycles. The molecule has 0 aromatic heterocycles. The number of fused-ring (bicyclic) bond motifs is 2. The van der Waals surface area contributed by atoms with Gasteiger partial charge in [0.05, 0.1) is 34.1 Å². The molecule has 0 amide bonds. The maximum atomic E-state index is 12.2. The second-order valence-corrected chi connectivity index (χ2v) is 19.1. The van der Waals surface area contributed by atoms with E-state index in [9.17, 15) is 31.0 Å². The van der Waals surface area contributed by atoms with Crippen LogP contribution in [-0.2, 0) is 26.8 Å². The van der Waals surface area contributed by atoms with Gasteiger partial charge in [-0.3, -0.25) is 9.11 Å². The third kappa shape index (κ3) is 10.9. The summed E-state index contributed by atoms with van der Waals surface area (Å²) in [6, 6.07) is 35.6. The Kier molecular flexibility index (Phi) is 13.2. The first-order chi connectivity index (χ1) is 32.8. The number of nitrogens with one attached hydrogen (secondary N) is 1. The first-order valence-corrected chi connectivity index (χ1v) is 24.0. The molecule has 0 heterocycles. The van der Waals surface area contributed by atoms with Crippen molar-refractivity contribution in [3.05, 3.63) is 161 Å². The summed E-state index contributed by atoms with van der Waals surface area (Å²) in [6.07, 6.45) is 0. The number of benzene rings is 8. The van der Waals surface area contributed by atoms with Crippen LogP contribution < -0.4 is 11.1 Å². The van der Waals surface area contributed by atoms with Gasteiger partial charge in [-0.2, -0.15) is 47.5 Å². The third-order valence-electron chi connectivity index (χ3n) is 11.2. The van der Waals surface area contributed by atoms with Crippen molar-refractivity contribution in [2.45, 2.75) is 51.0 Å². The topological polar surface area (TPSA) is 266 Å². The van der Waals surface area contributed by atoms with E-state index in [2.05, 4.69) is 46.2 Å². The second-order valence-electron chi connectivity index (χ2n) is 16.3. The van der Waals surface area contributed by atoms with Crippen molar-refractivity contribution in [2.75, 3.05) is 11.1 Å². The maximum absolute atomic E-state index is 12.2. The number of aromatic hydroxyl groups is 1. The SMILES string of the molecule is Cc1cc(N=Nc2cc(C)c(N=Nc3ccc4cc(NCc5ccc(N)cc5)ccc4c3O)cc2C)c(C)cc1N=Nc1ccc(N=Nc2cc3c(S(=O)(=O)O)cccc3cc2S(=O)(=O)O)c(C)c1. The van der Waals surface area contributed by atoms with Gasteiger partial charge in [0.2, 0.25) is 0 Å². The molecular weight excluding hydrogens is 917 g/mol. The fraction of sp³-hybridized carbons (Fsp3) is 0.120. The fourth-order valence-corrected chi connectivity index (χ4v) is 8.70. The minimum Gasteiger partial charge on any atom is -0.505 e. The third-order valence-corrected chi connectivity index (χ3v) is 13.0. The predicted molar refractivity (Wildman–Crippen MR) is 267 cm³/mol. The van der Waals surface area contributed by atoms with Gasteiger partial charge in [0.25, 0.3) is 20.2 Å². The molecule has 0 spiro atoms.